The predicted octanol–water partition coefficient (Wildman–Crippen LogP) is -4.00. The summed E-state index contributed by atoms with van der Waals surface area (Å²) in [6.07, 6.45) is -1.03. The molecule has 0 saturated carbocycles. The van der Waals surface area contributed by atoms with E-state index < -0.39 is 66.1 Å². The summed E-state index contributed by atoms with van der Waals surface area (Å²) in [6, 6.07) is 0.0518. The number of nitrogens with two attached hydrogens (primary N) is 5. The van der Waals surface area contributed by atoms with Crippen LogP contribution in [-0.2, 0) is 35.2 Å². The van der Waals surface area contributed by atoms with Crippen molar-refractivity contribution in [2.24, 2.45) is 33.7 Å². The number of hydrogen-bond donors (Lipinski definition) is 10. The van der Waals surface area contributed by atoms with Crippen LogP contribution in [0, 0.1) is 0 Å². The van der Waals surface area contributed by atoms with Gasteiger partial charge in [0.1, 0.15) is 23.9 Å². The maximum absolute atomic E-state index is 13.0. The number of hydrogen-bond acceptors (Lipinski definition) is 9. The van der Waals surface area contributed by atoms with Gasteiger partial charge in [0.2, 0.25) is 29.5 Å². The van der Waals surface area contributed by atoms with Crippen molar-refractivity contribution in [3.8, 4) is 5.75 Å². The first kappa shape index (κ1) is 34.1. The molecule has 0 fully saturated rings. The highest BCUT2D eigenvalue weighted by atomic mass is 16.4. The lowest BCUT2D eigenvalue weighted by molar-refractivity contribution is -0.142. The molecular weight excluding hydrogens is 542 g/mol. The van der Waals surface area contributed by atoms with Crippen molar-refractivity contribution >= 4 is 41.5 Å². The van der Waals surface area contributed by atoms with Gasteiger partial charge in [-0.15, -0.1) is 0 Å². The molecule has 0 aliphatic heterocycles. The zero-order valence-corrected chi connectivity index (χ0v) is 22.2. The minimum absolute atomic E-state index is 0.0385. The van der Waals surface area contributed by atoms with Gasteiger partial charge in [0, 0.05) is 19.4 Å². The highest BCUT2D eigenvalue weighted by Crippen LogP contribution is 2.12. The average molecular weight is 580 g/mol. The normalized spacial score (nSPS) is 13.5. The summed E-state index contributed by atoms with van der Waals surface area (Å²) >= 11 is 0. The third kappa shape index (κ3) is 13.6. The zero-order valence-electron chi connectivity index (χ0n) is 22.2. The van der Waals surface area contributed by atoms with Crippen molar-refractivity contribution in [2.45, 2.75) is 62.7 Å². The Morgan fingerprint density at radius 3 is 1.88 bits per heavy atom. The van der Waals surface area contributed by atoms with Crippen LogP contribution in [0.2, 0.25) is 0 Å². The van der Waals surface area contributed by atoms with Gasteiger partial charge in [-0.1, -0.05) is 12.1 Å². The molecule has 0 aliphatic rings. The molecule has 0 aliphatic carbocycles. The number of carboxylic acids is 1. The van der Waals surface area contributed by atoms with Crippen LogP contribution in [0.25, 0.3) is 0 Å². The van der Waals surface area contributed by atoms with E-state index in [2.05, 4.69) is 20.9 Å². The van der Waals surface area contributed by atoms with Crippen LogP contribution in [0.5, 0.6) is 5.75 Å². The van der Waals surface area contributed by atoms with Gasteiger partial charge < -0.3 is 54.8 Å². The van der Waals surface area contributed by atoms with E-state index in [1.54, 1.807) is 0 Å². The van der Waals surface area contributed by atoms with E-state index in [9.17, 15) is 39.0 Å². The number of carbonyl (C=O) groups excluding carboxylic acids is 5. The summed E-state index contributed by atoms with van der Waals surface area (Å²) < 4.78 is 0. The Labute approximate surface area is 235 Å². The number of amides is 5. The molecule has 4 unspecified atom stereocenters. The SMILES string of the molecule is NC(=O)CCC(NC(=O)C(CC(N)=O)NC(=O)C(N)CCCN=C(N)N)C(=O)NC(Cc1ccc(O)cc1)C(=O)O. The Morgan fingerprint density at radius 2 is 1.34 bits per heavy atom. The predicted molar refractivity (Wildman–Crippen MR) is 145 cm³/mol. The fourth-order valence-corrected chi connectivity index (χ4v) is 3.51. The summed E-state index contributed by atoms with van der Waals surface area (Å²) in [6.45, 7) is 0.204. The van der Waals surface area contributed by atoms with Gasteiger partial charge in [-0.05, 0) is 37.0 Å². The van der Waals surface area contributed by atoms with E-state index >= 15 is 0 Å². The molecule has 0 radical (unpaired) electrons. The minimum Gasteiger partial charge on any atom is -0.508 e. The number of nitrogens with zero attached hydrogens (tertiary/aromatic N) is 1. The number of nitrogens with one attached hydrogen (secondary N) is 3. The first-order valence-electron chi connectivity index (χ1n) is 12.5. The van der Waals surface area contributed by atoms with Gasteiger partial charge in [-0.2, -0.15) is 0 Å². The number of rotatable bonds is 18. The van der Waals surface area contributed by atoms with E-state index in [-0.39, 0.29) is 43.9 Å². The van der Waals surface area contributed by atoms with Gasteiger partial charge in [0.05, 0.1) is 12.5 Å². The molecule has 0 bridgehead atoms. The van der Waals surface area contributed by atoms with E-state index in [1.807, 2.05) is 0 Å². The van der Waals surface area contributed by atoms with Crippen molar-refractivity contribution in [3.63, 3.8) is 0 Å². The molecule has 5 amide bonds. The number of benzene rings is 1. The molecule has 1 aromatic carbocycles. The van der Waals surface area contributed by atoms with E-state index in [0.717, 1.165) is 0 Å². The number of aromatic hydroxyl groups is 1. The van der Waals surface area contributed by atoms with E-state index in [0.29, 0.717) is 12.0 Å². The van der Waals surface area contributed by atoms with Gasteiger partial charge >= 0.3 is 5.97 Å². The summed E-state index contributed by atoms with van der Waals surface area (Å²) in [5.74, 6) is -6.09. The van der Waals surface area contributed by atoms with E-state index in [1.165, 1.54) is 24.3 Å². The van der Waals surface area contributed by atoms with Crippen molar-refractivity contribution < 1.29 is 39.0 Å². The Balaban J connectivity index is 3.00. The Kier molecular flexibility index (Phi) is 14.1. The maximum atomic E-state index is 13.0. The van der Waals surface area contributed by atoms with Crippen LogP contribution < -0.4 is 44.6 Å². The van der Waals surface area contributed by atoms with Crippen LogP contribution in [-0.4, -0.2) is 82.4 Å². The number of phenols is 1. The molecule has 1 rings (SSSR count). The molecule has 226 valence electrons. The molecule has 0 aromatic heterocycles. The number of primary amides is 2. The number of carbonyl (C=O) groups is 6. The standard InChI is InChI=1S/C24H37N9O8/c25-14(2-1-9-30-24(28)29)20(37)32-16(11-19(27)36)22(39)31-15(7-8-18(26)35)21(38)33-17(23(40)41)10-12-3-5-13(34)6-4-12/h3-6,14-17,34H,1-2,7-11,25H2,(H2,26,35)(H2,27,36)(H,31,39)(H,32,37)(H,33,38)(H,40,41)(H4,28,29,30). The maximum Gasteiger partial charge on any atom is 0.326 e. The van der Waals surface area contributed by atoms with Crippen molar-refractivity contribution in [3.05, 3.63) is 29.8 Å². The first-order valence-corrected chi connectivity index (χ1v) is 12.5. The molecule has 17 nitrogen and oxygen atoms in total. The van der Waals surface area contributed by atoms with Crippen LogP contribution >= 0.6 is 0 Å². The summed E-state index contributed by atoms with van der Waals surface area (Å²) in [7, 11) is 0. The quantitative estimate of drug-likeness (QED) is 0.0453. The van der Waals surface area contributed by atoms with Crippen molar-refractivity contribution in [1.29, 1.82) is 0 Å². The van der Waals surface area contributed by atoms with Crippen molar-refractivity contribution in [2.75, 3.05) is 6.54 Å². The molecule has 0 saturated heterocycles. The monoisotopic (exact) mass is 579 g/mol. The molecule has 15 N–H and O–H groups in total. The van der Waals surface area contributed by atoms with Crippen LogP contribution in [0.15, 0.2) is 29.3 Å². The molecule has 41 heavy (non-hydrogen) atoms. The Hall–Kier alpha value is -4.93. The average Bonchev–Trinajstić information content (AvgIpc) is 2.88. The fraction of sp³-hybridized carbons (Fsp3) is 0.458. The van der Waals surface area contributed by atoms with Gasteiger partial charge in [-0.3, -0.25) is 29.0 Å². The van der Waals surface area contributed by atoms with E-state index in [4.69, 9.17) is 28.7 Å². The number of guanidine groups is 1. The number of aliphatic imine (C=N–C) groups is 1. The Morgan fingerprint density at radius 1 is 0.780 bits per heavy atom. The highest BCUT2D eigenvalue weighted by Gasteiger charge is 2.31. The highest BCUT2D eigenvalue weighted by molar-refractivity contribution is 5.96. The van der Waals surface area contributed by atoms with Gasteiger partial charge in [0.25, 0.3) is 0 Å². The number of phenolic OH excluding ortho intramolecular Hbond substituents is 1. The summed E-state index contributed by atoms with van der Waals surface area (Å²) in [5.41, 5.74) is 27.2. The van der Waals surface area contributed by atoms with Crippen molar-refractivity contribution in [1.82, 2.24) is 16.0 Å². The molecule has 4 atom stereocenters. The molecule has 0 heterocycles. The van der Waals surface area contributed by atoms with Crippen LogP contribution in [0.4, 0.5) is 0 Å². The summed E-state index contributed by atoms with van der Waals surface area (Å²) in [5, 5.41) is 25.9. The second kappa shape index (κ2) is 16.9. The molecule has 0 spiro atoms. The smallest absolute Gasteiger partial charge is 0.326 e. The third-order valence-corrected chi connectivity index (χ3v) is 5.65. The van der Waals surface area contributed by atoms with Crippen LogP contribution in [0.1, 0.15) is 37.7 Å². The second-order valence-electron chi connectivity index (χ2n) is 9.12. The molecular formula is C24H37N9O8. The first-order chi connectivity index (χ1) is 19.2. The lowest BCUT2D eigenvalue weighted by Gasteiger charge is -2.24. The zero-order chi connectivity index (χ0) is 31.1. The second-order valence-corrected chi connectivity index (χ2v) is 9.12. The molecule has 1 aromatic rings. The lowest BCUT2D eigenvalue weighted by Crippen LogP contribution is -2.58. The topological polar surface area (TPSA) is 321 Å². The van der Waals surface area contributed by atoms with Gasteiger partial charge in [-0.25, -0.2) is 4.79 Å². The number of aliphatic carboxylic acids is 1. The third-order valence-electron chi connectivity index (χ3n) is 5.65. The lowest BCUT2D eigenvalue weighted by atomic mass is 10.0. The fourth-order valence-electron chi connectivity index (χ4n) is 3.51. The van der Waals surface area contributed by atoms with Gasteiger partial charge in [0.15, 0.2) is 5.96 Å². The largest absolute Gasteiger partial charge is 0.508 e. The summed E-state index contributed by atoms with van der Waals surface area (Å²) in [4.78, 5) is 77.1. The molecule has 17 heteroatoms. The minimum atomic E-state index is -1.54. The Bertz CT molecular complexity index is 1120. The number of carboxylic acid groups (broad SMARTS) is 1. The van der Waals surface area contributed by atoms with Crippen LogP contribution in [0.3, 0.4) is 0 Å².